The van der Waals surface area contributed by atoms with Crippen LogP contribution in [0.5, 0.6) is 0 Å². The van der Waals surface area contributed by atoms with Gasteiger partial charge in [0.15, 0.2) is 5.82 Å². The van der Waals surface area contributed by atoms with Crippen LogP contribution in [0, 0.1) is 6.92 Å². The maximum atomic E-state index is 4.62. The number of fused-ring (bicyclic) bond motifs is 1. The van der Waals surface area contributed by atoms with Crippen LogP contribution in [0.4, 0.5) is 11.5 Å². The Kier molecular flexibility index (Phi) is 3.46. The quantitative estimate of drug-likeness (QED) is 0.619. The molecule has 5 nitrogen and oxygen atoms in total. The summed E-state index contributed by atoms with van der Waals surface area (Å²) in [6.45, 7) is 1.97. The Labute approximate surface area is 140 Å². The summed E-state index contributed by atoms with van der Waals surface area (Å²) in [6.07, 6.45) is 5.58. The van der Waals surface area contributed by atoms with Crippen LogP contribution in [0.25, 0.3) is 22.3 Å². The first kappa shape index (κ1) is 14.4. The van der Waals surface area contributed by atoms with Gasteiger partial charge in [0.1, 0.15) is 5.82 Å². The molecule has 24 heavy (non-hydrogen) atoms. The van der Waals surface area contributed by atoms with Crippen molar-refractivity contribution in [2.24, 2.45) is 7.05 Å². The second-order valence-electron chi connectivity index (χ2n) is 5.79. The summed E-state index contributed by atoms with van der Waals surface area (Å²) in [6, 6.07) is 14.2. The lowest BCUT2D eigenvalue weighted by atomic mass is 10.2. The van der Waals surface area contributed by atoms with Crippen molar-refractivity contribution in [3.8, 4) is 11.4 Å². The Balaban J connectivity index is 1.70. The number of aryl methyl sites for hydroxylation is 2. The predicted octanol–water partition coefficient (Wildman–Crippen LogP) is 4.08. The molecule has 5 heteroatoms. The van der Waals surface area contributed by atoms with Crippen molar-refractivity contribution in [2.75, 3.05) is 5.32 Å². The Morgan fingerprint density at radius 2 is 1.96 bits per heavy atom. The molecule has 118 valence electrons. The molecule has 0 bridgehead atoms. The third-order valence-electron chi connectivity index (χ3n) is 3.93. The van der Waals surface area contributed by atoms with Crippen molar-refractivity contribution in [3.05, 3.63) is 66.7 Å². The van der Waals surface area contributed by atoms with Gasteiger partial charge in [0.25, 0.3) is 0 Å². The number of nitrogens with zero attached hydrogens (tertiary/aromatic N) is 4. The van der Waals surface area contributed by atoms with Gasteiger partial charge >= 0.3 is 0 Å². The van der Waals surface area contributed by atoms with E-state index in [1.165, 1.54) is 10.9 Å². The van der Waals surface area contributed by atoms with Crippen molar-refractivity contribution in [1.82, 2.24) is 19.5 Å². The van der Waals surface area contributed by atoms with Gasteiger partial charge < -0.3 is 9.88 Å². The van der Waals surface area contributed by atoms with Crippen molar-refractivity contribution in [1.29, 1.82) is 0 Å². The van der Waals surface area contributed by atoms with Gasteiger partial charge in [0, 0.05) is 54.2 Å². The molecule has 0 aliphatic heterocycles. The number of pyridine rings is 1. The van der Waals surface area contributed by atoms with E-state index in [9.17, 15) is 0 Å². The van der Waals surface area contributed by atoms with Crippen LogP contribution in [-0.4, -0.2) is 19.5 Å². The zero-order valence-electron chi connectivity index (χ0n) is 13.6. The van der Waals surface area contributed by atoms with E-state index in [0.29, 0.717) is 5.82 Å². The van der Waals surface area contributed by atoms with E-state index in [1.807, 2.05) is 32.2 Å². The average molecular weight is 315 g/mol. The summed E-state index contributed by atoms with van der Waals surface area (Å²) in [5.74, 6) is 1.44. The minimum absolute atomic E-state index is 0.672. The standard InChI is InChI=1S/C19H17N5/c1-13-10-18(23-19(21-13)15-4-3-8-20-12-15)22-16-6-5-14-7-9-24(2)17(14)11-16/h3-12H,1-2H3,(H,21,22,23). The topological polar surface area (TPSA) is 55.6 Å². The van der Waals surface area contributed by atoms with Crippen molar-refractivity contribution in [3.63, 3.8) is 0 Å². The fourth-order valence-electron chi connectivity index (χ4n) is 2.74. The van der Waals surface area contributed by atoms with Crippen LogP contribution in [-0.2, 0) is 7.05 Å². The Morgan fingerprint density at radius 1 is 1.04 bits per heavy atom. The van der Waals surface area contributed by atoms with Crippen LogP contribution in [0.3, 0.4) is 0 Å². The lowest BCUT2D eigenvalue weighted by molar-refractivity contribution is 0.969. The lowest BCUT2D eigenvalue weighted by Crippen LogP contribution is -1.99. The van der Waals surface area contributed by atoms with Gasteiger partial charge in [-0.2, -0.15) is 0 Å². The smallest absolute Gasteiger partial charge is 0.163 e. The predicted molar refractivity (Wildman–Crippen MR) is 96.2 cm³/mol. The van der Waals surface area contributed by atoms with Gasteiger partial charge in [-0.25, -0.2) is 9.97 Å². The largest absolute Gasteiger partial charge is 0.350 e. The second-order valence-corrected chi connectivity index (χ2v) is 5.79. The number of rotatable bonds is 3. The van der Waals surface area contributed by atoms with Gasteiger partial charge in [-0.05, 0) is 42.6 Å². The normalized spacial score (nSPS) is 10.9. The van der Waals surface area contributed by atoms with Gasteiger partial charge in [-0.15, -0.1) is 0 Å². The van der Waals surface area contributed by atoms with Crippen LogP contribution in [0.15, 0.2) is 61.1 Å². The number of aromatic nitrogens is 4. The van der Waals surface area contributed by atoms with Gasteiger partial charge in [-0.3, -0.25) is 4.98 Å². The van der Waals surface area contributed by atoms with Gasteiger partial charge in [-0.1, -0.05) is 6.07 Å². The molecule has 0 spiro atoms. The Morgan fingerprint density at radius 3 is 2.79 bits per heavy atom. The molecular weight excluding hydrogens is 298 g/mol. The molecule has 0 saturated heterocycles. The summed E-state index contributed by atoms with van der Waals surface area (Å²) in [4.78, 5) is 13.3. The van der Waals surface area contributed by atoms with E-state index in [2.05, 4.69) is 55.3 Å². The average Bonchev–Trinajstić information content (AvgIpc) is 2.96. The molecule has 0 aliphatic rings. The van der Waals surface area contributed by atoms with E-state index in [1.54, 1.807) is 12.4 Å². The fraction of sp³-hybridized carbons (Fsp3) is 0.105. The molecule has 1 aromatic carbocycles. The Hall–Kier alpha value is -3.21. The monoisotopic (exact) mass is 315 g/mol. The molecule has 0 unspecified atom stereocenters. The fourth-order valence-corrected chi connectivity index (χ4v) is 2.74. The third-order valence-corrected chi connectivity index (χ3v) is 3.93. The highest BCUT2D eigenvalue weighted by atomic mass is 15.0. The molecule has 4 aromatic rings. The highest BCUT2D eigenvalue weighted by molar-refractivity contribution is 5.84. The molecule has 0 amide bonds. The number of anilines is 2. The van der Waals surface area contributed by atoms with Crippen LogP contribution >= 0.6 is 0 Å². The minimum atomic E-state index is 0.672. The first-order valence-electron chi connectivity index (χ1n) is 7.77. The summed E-state index contributed by atoms with van der Waals surface area (Å²) < 4.78 is 2.10. The van der Waals surface area contributed by atoms with Crippen molar-refractivity contribution >= 4 is 22.4 Å². The number of nitrogens with one attached hydrogen (secondary N) is 1. The maximum Gasteiger partial charge on any atom is 0.163 e. The molecule has 3 aromatic heterocycles. The molecule has 0 fully saturated rings. The molecule has 3 heterocycles. The van der Waals surface area contributed by atoms with E-state index in [4.69, 9.17) is 0 Å². The van der Waals surface area contributed by atoms with Crippen LogP contribution in [0.2, 0.25) is 0 Å². The summed E-state index contributed by atoms with van der Waals surface area (Å²) >= 11 is 0. The number of hydrogen-bond acceptors (Lipinski definition) is 4. The highest BCUT2D eigenvalue weighted by Crippen LogP contribution is 2.23. The molecule has 0 radical (unpaired) electrons. The van der Waals surface area contributed by atoms with Gasteiger partial charge in [0.2, 0.25) is 0 Å². The zero-order valence-corrected chi connectivity index (χ0v) is 13.6. The molecular formula is C19H17N5. The van der Waals surface area contributed by atoms with E-state index in [-0.39, 0.29) is 0 Å². The summed E-state index contributed by atoms with van der Waals surface area (Å²) in [7, 11) is 2.04. The Bertz CT molecular complexity index is 1000. The molecule has 1 N–H and O–H groups in total. The molecule has 0 saturated carbocycles. The maximum absolute atomic E-state index is 4.62. The number of benzene rings is 1. The molecule has 0 aliphatic carbocycles. The summed E-state index contributed by atoms with van der Waals surface area (Å²) in [5.41, 5.74) is 3.99. The highest BCUT2D eigenvalue weighted by Gasteiger charge is 2.06. The van der Waals surface area contributed by atoms with E-state index >= 15 is 0 Å². The third kappa shape index (κ3) is 2.72. The first-order valence-corrected chi connectivity index (χ1v) is 7.77. The van der Waals surface area contributed by atoms with Crippen molar-refractivity contribution in [2.45, 2.75) is 6.92 Å². The first-order chi connectivity index (χ1) is 11.7. The molecule has 4 rings (SSSR count). The molecule has 0 atom stereocenters. The van der Waals surface area contributed by atoms with E-state index < -0.39 is 0 Å². The minimum Gasteiger partial charge on any atom is -0.350 e. The number of hydrogen-bond donors (Lipinski definition) is 1. The SMILES string of the molecule is Cc1cc(Nc2ccc3ccn(C)c3c2)nc(-c2cccnc2)n1. The van der Waals surface area contributed by atoms with Crippen molar-refractivity contribution < 1.29 is 0 Å². The van der Waals surface area contributed by atoms with Crippen LogP contribution in [0.1, 0.15) is 5.69 Å². The van der Waals surface area contributed by atoms with Crippen LogP contribution < -0.4 is 5.32 Å². The zero-order chi connectivity index (χ0) is 16.5. The summed E-state index contributed by atoms with van der Waals surface area (Å²) in [5, 5.41) is 4.60. The second kappa shape index (κ2) is 5.77. The van der Waals surface area contributed by atoms with E-state index in [0.717, 1.165) is 22.8 Å². The lowest BCUT2D eigenvalue weighted by Gasteiger charge is -2.09. The van der Waals surface area contributed by atoms with Gasteiger partial charge in [0.05, 0.1) is 0 Å².